The number of carbonyl (C=O) groups is 1. The molecule has 0 radical (unpaired) electrons. The number of hydrogen-bond donors (Lipinski definition) is 2. The maximum atomic E-state index is 10.7. The zero-order valence-electron chi connectivity index (χ0n) is 11.0. The van der Waals surface area contributed by atoms with Crippen LogP contribution in [0.4, 0.5) is 5.69 Å². The van der Waals surface area contributed by atoms with Gasteiger partial charge in [-0.05, 0) is 29.8 Å². The van der Waals surface area contributed by atoms with E-state index < -0.39 is 5.97 Å². The molecule has 5 nitrogen and oxygen atoms in total. The third kappa shape index (κ3) is 3.20. The lowest BCUT2D eigenvalue weighted by atomic mass is 10.1. The van der Waals surface area contributed by atoms with Gasteiger partial charge in [0.15, 0.2) is 11.5 Å². The van der Waals surface area contributed by atoms with E-state index in [1.165, 1.54) is 0 Å². The minimum absolute atomic E-state index is 0.249. The highest BCUT2D eigenvalue weighted by atomic mass is 16.5. The van der Waals surface area contributed by atoms with E-state index >= 15 is 0 Å². The number of aromatic carboxylic acids is 1. The van der Waals surface area contributed by atoms with Crippen LogP contribution >= 0.6 is 0 Å². The molecule has 3 N–H and O–H groups in total. The van der Waals surface area contributed by atoms with E-state index in [4.69, 9.17) is 20.3 Å². The van der Waals surface area contributed by atoms with Crippen LogP contribution in [0.25, 0.3) is 0 Å². The predicted molar refractivity (Wildman–Crippen MR) is 75.1 cm³/mol. The molecule has 0 fully saturated rings. The van der Waals surface area contributed by atoms with Crippen molar-refractivity contribution in [1.29, 1.82) is 0 Å². The van der Waals surface area contributed by atoms with E-state index in [-0.39, 0.29) is 5.56 Å². The summed E-state index contributed by atoms with van der Waals surface area (Å²) in [6.07, 6.45) is 0. The standard InChI is InChI=1S/C15H15NO4/c1-19-14-8-12(16)6-7-13(14)20-9-10-2-4-11(5-3-10)15(17)18/h2-8H,9,16H2,1H3,(H,17,18). The van der Waals surface area contributed by atoms with E-state index in [0.717, 1.165) is 5.56 Å². The van der Waals surface area contributed by atoms with Crippen molar-refractivity contribution >= 4 is 11.7 Å². The molecular weight excluding hydrogens is 258 g/mol. The number of carboxylic acid groups (broad SMARTS) is 1. The average molecular weight is 273 g/mol. The van der Waals surface area contributed by atoms with E-state index in [9.17, 15) is 4.79 Å². The fourth-order valence-electron chi connectivity index (χ4n) is 1.71. The third-order valence-electron chi connectivity index (χ3n) is 2.78. The molecule has 2 aromatic carbocycles. The van der Waals surface area contributed by atoms with Crippen molar-refractivity contribution in [3.05, 3.63) is 53.6 Å². The molecule has 104 valence electrons. The molecule has 0 spiro atoms. The number of nitrogens with two attached hydrogens (primary N) is 1. The second-order valence-electron chi connectivity index (χ2n) is 4.20. The zero-order chi connectivity index (χ0) is 14.5. The van der Waals surface area contributed by atoms with Crippen LogP contribution in [0.2, 0.25) is 0 Å². The first-order valence-corrected chi connectivity index (χ1v) is 5.98. The van der Waals surface area contributed by atoms with Gasteiger partial charge in [-0.2, -0.15) is 0 Å². The first-order valence-electron chi connectivity index (χ1n) is 5.98. The van der Waals surface area contributed by atoms with Crippen LogP contribution in [-0.2, 0) is 6.61 Å². The first kappa shape index (κ1) is 13.7. The monoisotopic (exact) mass is 273 g/mol. The molecular formula is C15H15NO4. The van der Waals surface area contributed by atoms with Gasteiger partial charge in [-0.1, -0.05) is 12.1 Å². The molecule has 0 aliphatic carbocycles. The van der Waals surface area contributed by atoms with E-state index in [2.05, 4.69) is 0 Å². The molecule has 2 rings (SSSR count). The Labute approximate surface area is 116 Å². The number of methoxy groups -OCH3 is 1. The van der Waals surface area contributed by atoms with Crippen LogP contribution in [0, 0.1) is 0 Å². The normalized spacial score (nSPS) is 10.1. The van der Waals surface area contributed by atoms with Crippen molar-refractivity contribution in [3.63, 3.8) is 0 Å². The van der Waals surface area contributed by atoms with Crippen molar-refractivity contribution in [2.75, 3.05) is 12.8 Å². The smallest absolute Gasteiger partial charge is 0.335 e. The molecule has 0 aromatic heterocycles. The van der Waals surface area contributed by atoms with Gasteiger partial charge >= 0.3 is 5.97 Å². The fraction of sp³-hybridized carbons (Fsp3) is 0.133. The van der Waals surface area contributed by atoms with Gasteiger partial charge in [0.2, 0.25) is 0 Å². The number of ether oxygens (including phenoxy) is 2. The number of benzene rings is 2. The molecule has 0 aliphatic heterocycles. The minimum atomic E-state index is -0.947. The molecule has 5 heteroatoms. The summed E-state index contributed by atoms with van der Waals surface area (Å²) in [4.78, 5) is 10.7. The average Bonchev–Trinajstić information content (AvgIpc) is 2.46. The summed E-state index contributed by atoms with van der Waals surface area (Å²) in [5.74, 6) is 0.203. The van der Waals surface area contributed by atoms with Crippen molar-refractivity contribution in [2.45, 2.75) is 6.61 Å². The third-order valence-corrected chi connectivity index (χ3v) is 2.78. The van der Waals surface area contributed by atoms with E-state index in [0.29, 0.717) is 23.8 Å². The molecule has 0 heterocycles. The summed E-state index contributed by atoms with van der Waals surface area (Å²) in [6, 6.07) is 11.7. The lowest BCUT2D eigenvalue weighted by Crippen LogP contribution is -2.00. The lowest BCUT2D eigenvalue weighted by molar-refractivity contribution is 0.0697. The van der Waals surface area contributed by atoms with E-state index in [1.807, 2.05) is 0 Å². The Morgan fingerprint density at radius 1 is 1.15 bits per heavy atom. The fourth-order valence-corrected chi connectivity index (χ4v) is 1.71. The van der Waals surface area contributed by atoms with Crippen molar-refractivity contribution in [1.82, 2.24) is 0 Å². The Morgan fingerprint density at radius 2 is 1.85 bits per heavy atom. The number of anilines is 1. The number of nitrogen functional groups attached to an aromatic ring is 1. The number of rotatable bonds is 5. The lowest BCUT2D eigenvalue weighted by Gasteiger charge is -2.11. The summed E-state index contributed by atoms with van der Waals surface area (Å²) in [5.41, 5.74) is 7.38. The van der Waals surface area contributed by atoms with Crippen LogP contribution in [0.1, 0.15) is 15.9 Å². The quantitative estimate of drug-likeness (QED) is 0.818. The Bertz CT molecular complexity index is 608. The largest absolute Gasteiger partial charge is 0.493 e. The van der Waals surface area contributed by atoms with Crippen LogP contribution in [0.5, 0.6) is 11.5 Å². The molecule has 0 atom stereocenters. The Hall–Kier alpha value is -2.69. The molecule has 0 saturated heterocycles. The van der Waals surface area contributed by atoms with Crippen molar-refractivity contribution < 1.29 is 19.4 Å². The highest BCUT2D eigenvalue weighted by molar-refractivity contribution is 5.87. The maximum absolute atomic E-state index is 10.7. The maximum Gasteiger partial charge on any atom is 0.335 e. The molecule has 2 aromatic rings. The van der Waals surface area contributed by atoms with Gasteiger partial charge in [-0.3, -0.25) is 0 Å². The second kappa shape index (κ2) is 5.97. The summed E-state index contributed by atoms with van der Waals surface area (Å²) < 4.78 is 10.8. The van der Waals surface area contributed by atoms with Gasteiger partial charge in [0.1, 0.15) is 6.61 Å². The van der Waals surface area contributed by atoms with Gasteiger partial charge < -0.3 is 20.3 Å². The van der Waals surface area contributed by atoms with E-state index in [1.54, 1.807) is 49.6 Å². The Kier molecular flexibility index (Phi) is 4.10. The molecule has 0 amide bonds. The van der Waals surface area contributed by atoms with Gasteiger partial charge in [0.25, 0.3) is 0 Å². The first-order chi connectivity index (χ1) is 9.60. The van der Waals surface area contributed by atoms with Gasteiger partial charge in [-0.25, -0.2) is 4.79 Å². The molecule has 0 unspecified atom stereocenters. The Balaban J connectivity index is 2.06. The summed E-state index contributed by atoms with van der Waals surface area (Å²) in [5, 5.41) is 8.82. The van der Waals surface area contributed by atoms with Crippen LogP contribution < -0.4 is 15.2 Å². The summed E-state index contributed by atoms with van der Waals surface area (Å²) >= 11 is 0. The van der Waals surface area contributed by atoms with Gasteiger partial charge in [-0.15, -0.1) is 0 Å². The topological polar surface area (TPSA) is 81.8 Å². The molecule has 0 aliphatic rings. The zero-order valence-corrected chi connectivity index (χ0v) is 11.0. The van der Waals surface area contributed by atoms with Crippen molar-refractivity contribution in [3.8, 4) is 11.5 Å². The Morgan fingerprint density at radius 3 is 2.45 bits per heavy atom. The second-order valence-corrected chi connectivity index (χ2v) is 4.20. The molecule has 20 heavy (non-hydrogen) atoms. The van der Waals surface area contributed by atoms with Crippen LogP contribution in [0.3, 0.4) is 0 Å². The van der Waals surface area contributed by atoms with Crippen molar-refractivity contribution in [2.24, 2.45) is 0 Å². The number of hydrogen-bond acceptors (Lipinski definition) is 4. The van der Waals surface area contributed by atoms with Gasteiger partial charge in [0, 0.05) is 11.8 Å². The summed E-state index contributed by atoms with van der Waals surface area (Å²) in [7, 11) is 1.54. The SMILES string of the molecule is COc1cc(N)ccc1OCc1ccc(C(=O)O)cc1. The summed E-state index contributed by atoms with van der Waals surface area (Å²) in [6.45, 7) is 0.320. The minimum Gasteiger partial charge on any atom is -0.493 e. The van der Waals surface area contributed by atoms with Gasteiger partial charge in [0.05, 0.1) is 12.7 Å². The van der Waals surface area contributed by atoms with Crippen LogP contribution in [-0.4, -0.2) is 18.2 Å². The predicted octanol–water partition coefficient (Wildman–Crippen LogP) is 2.55. The highest BCUT2D eigenvalue weighted by Gasteiger charge is 2.06. The number of carboxylic acids is 1. The highest BCUT2D eigenvalue weighted by Crippen LogP contribution is 2.29. The van der Waals surface area contributed by atoms with Crippen LogP contribution in [0.15, 0.2) is 42.5 Å². The molecule has 0 saturated carbocycles. The molecule has 0 bridgehead atoms.